The number of aliphatic hydroxyl groups is 2. The van der Waals surface area contributed by atoms with Crippen LogP contribution in [0.15, 0.2) is 73.8 Å². The lowest BCUT2D eigenvalue weighted by Gasteiger charge is -2.26. The molecule has 0 saturated carbocycles. The smallest absolute Gasteiger partial charge is 0.217 e. The second-order valence-electron chi connectivity index (χ2n) is 4.97. The first kappa shape index (κ1) is 15.2. The van der Waals surface area contributed by atoms with Crippen molar-refractivity contribution in [2.24, 2.45) is 0 Å². The summed E-state index contributed by atoms with van der Waals surface area (Å²) < 4.78 is 0. The van der Waals surface area contributed by atoms with E-state index in [0.717, 1.165) is 11.1 Å². The molecule has 0 fully saturated rings. The summed E-state index contributed by atoms with van der Waals surface area (Å²) in [4.78, 5) is 0. The molecule has 0 amide bonds. The minimum Gasteiger partial charge on any atom is -0.358 e. The summed E-state index contributed by atoms with van der Waals surface area (Å²) >= 11 is 0. The molecule has 0 aliphatic rings. The molecule has 2 heteroatoms. The van der Waals surface area contributed by atoms with Gasteiger partial charge in [0.15, 0.2) is 0 Å². The van der Waals surface area contributed by atoms with Gasteiger partial charge in [0.1, 0.15) is 0 Å². The number of rotatable bonds is 6. The fourth-order valence-electron chi connectivity index (χ4n) is 2.52. The Morgan fingerprint density at radius 2 is 1.52 bits per heavy atom. The van der Waals surface area contributed by atoms with Gasteiger partial charge in [0.2, 0.25) is 5.79 Å². The zero-order valence-electron chi connectivity index (χ0n) is 12.0. The summed E-state index contributed by atoms with van der Waals surface area (Å²) in [6, 6.07) is 14.4. The van der Waals surface area contributed by atoms with Crippen LogP contribution in [-0.4, -0.2) is 10.2 Å². The van der Waals surface area contributed by atoms with Gasteiger partial charge >= 0.3 is 0 Å². The van der Waals surface area contributed by atoms with Gasteiger partial charge in [-0.1, -0.05) is 60.7 Å². The second-order valence-corrected chi connectivity index (χ2v) is 4.97. The first-order valence-electron chi connectivity index (χ1n) is 6.94. The molecule has 0 aromatic heterocycles. The van der Waals surface area contributed by atoms with Crippen molar-refractivity contribution in [3.63, 3.8) is 0 Å². The summed E-state index contributed by atoms with van der Waals surface area (Å²) in [5.41, 5.74) is 2.87. The zero-order valence-corrected chi connectivity index (χ0v) is 12.0. The van der Waals surface area contributed by atoms with Crippen LogP contribution in [0.4, 0.5) is 0 Å². The van der Waals surface area contributed by atoms with Gasteiger partial charge < -0.3 is 10.2 Å². The summed E-state index contributed by atoms with van der Waals surface area (Å²) in [7, 11) is 0. The van der Waals surface area contributed by atoms with Crippen LogP contribution in [-0.2, 0) is 18.6 Å². The predicted molar refractivity (Wildman–Crippen MR) is 85.9 cm³/mol. The van der Waals surface area contributed by atoms with Gasteiger partial charge in [0.25, 0.3) is 0 Å². The Hall–Kier alpha value is -2.16. The maximum absolute atomic E-state index is 10.7. The Bertz CT molecular complexity index is 627. The molecule has 2 aromatic carbocycles. The third kappa shape index (κ3) is 3.13. The monoisotopic (exact) mass is 280 g/mol. The van der Waals surface area contributed by atoms with Crippen LogP contribution < -0.4 is 0 Å². The molecule has 2 aromatic rings. The first-order chi connectivity index (χ1) is 10.1. The van der Waals surface area contributed by atoms with Crippen LogP contribution in [0.2, 0.25) is 0 Å². The fraction of sp³-hybridized carbons (Fsp3) is 0.158. The van der Waals surface area contributed by atoms with Crippen LogP contribution in [0.25, 0.3) is 0 Å². The minimum atomic E-state index is -2.02. The SMILES string of the molecule is C=CCc1cccc(C(O)(O)c2ccccc2)c1CC=C. The number of hydrogen-bond donors (Lipinski definition) is 2. The molecule has 0 aliphatic heterocycles. The van der Waals surface area contributed by atoms with Crippen molar-refractivity contribution in [1.29, 1.82) is 0 Å². The van der Waals surface area contributed by atoms with Crippen molar-refractivity contribution >= 4 is 0 Å². The van der Waals surface area contributed by atoms with Gasteiger partial charge in [-0.3, -0.25) is 0 Å². The molecule has 0 atom stereocenters. The van der Waals surface area contributed by atoms with Crippen LogP contribution in [0.5, 0.6) is 0 Å². The molecular formula is C19H20O2. The van der Waals surface area contributed by atoms with Crippen molar-refractivity contribution in [2.45, 2.75) is 18.6 Å². The van der Waals surface area contributed by atoms with Gasteiger partial charge in [-0.2, -0.15) is 0 Å². The standard InChI is InChI=1S/C19H20O2/c1-3-9-15-11-8-14-18(17(15)10-4-2)19(20,21)16-12-6-5-7-13-16/h3-8,11-14,20-21H,1-2,9-10H2. The van der Waals surface area contributed by atoms with Crippen LogP contribution in [0.1, 0.15) is 22.3 Å². The Kier molecular flexibility index (Phi) is 4.73. The molecular weight excluding hydrogens is 260 g/mol. The van der Waals surface area contributed by atoms with Crippen molar-refractivity contribution in [1.82, 2.24) is 0 Å². The van der Waals surface area contributed by atoms with E-state index in [1.165, 1.54) is 0 Å². The largest absolute Gasteiger partial charge is 0.358 e. The number of benzene rings is 2. The molecule has 0 aliphatic carbocycles. The highest BCUT2D eigenvalue weighted by atomic mass is 16.5. The molecule has 2 nitrogen and oxygen atoms in total. The third-order valence-corrected chi connectivity index (χ3v) is 3.54. The molecule has 0 spiro atoms. The lowest BCUT2D eigenvalue weighted by Crippen LogP contribution is -2.28. The molecule has 0 unspecified atom stereocenters. The van der Waals surface area contributed by atoms with Crippen LogP contribution in [0, 0.1) is 0 Å². The van der Waals surface area contributed by atoms with Gasteiger partial charge in [-0.25, -0.2) is 0 Å². The minimum absolute atomic E-state index is 0.450. The highest BCUT2D eigenvalue weighted by molar-refractivity contribution is 5.44. The predicted octanol–water partition coefficient (Wildman–Crippen LogP) is 3.33. The highest BCUT2D eigenvalue weighted by Gasteiger charge is 2.31. The summed E-state index contributed by atoms with van der Waals surface area (Å²) in [5, 5.41) is 21.3. The Morgan fingerprint density at radius 3 is 2.14 bits per heavy atom. The quantitative estimate of drug-likeness (QED) is 0.629. The molecule has 21 heavy (non-hydrogen) atoms. The lowest BCUT2D eigenvalue weighted by molar-refractivity contribution is -0.132. The average Bonchev–Trinajstić information content (AvgIpc) is 2.50. The maximum Gasteiger partial charge on any atom is 0.217 e. The molecule has 0 saturated heterocycles. The third-order valence-electron chi connectivity index (χ3n) is 3.54. The van der Waals surface area contributed by atoms with E-state index in [9.17, 15) is 10.2 Å². The van der Waals surface area contributed by atoms with Gasteiger partial charge in [0, 0.05) is 11.1 Å². The second kappa shape index (κ2) is 6.53. The molecule has 0 bridgehead atoms. The summed E-state index contributed by atoms with van der Waals surface area (Å²) in [6.45, 7) is 7.52. The fourth-order valence-corrected chi connectivity index (χ4v) is 2.52. The molecule has 2 rings (SSSR count). The van der Waals surface area contributed by atoms with E-state index < -0.39 is 5.79 Å². The summed E-state index contributed by atoms with van der Waals surface area (Å²) in [6.07, 6.45) is 4.84. The van der Waals surface area contributed by atoms with E-state index in [4.69, 9.17) is 0 Å². The van der Waals surface area contributed by atoms with Crippen molar-refractivity contribution in [3.05, 3.63) is 96.1 Å². The molecule has 0 heterocycles. The molecule has 108 valence electrons. The van der Waals surface area contributed by atoms with E-state index in [1.54, 1.807) is 36.4 Å². The normalized spacial score (nSPS) is 11.1. The van der Waals surface area contributed by atoms with E-state index >= 15 is 0 Å². The lowest BCUT2D eigenvalue weighted by atomic mass is 9.88. The Balaban J connectivity index is 2.59. The van der Waals surface area contributed by atoms with E-state index in [0.29, 0.717) is 24.0 Å². The Labute approximate surface area is 125 Å². The molecule has 2 N–H and O–H groups in total. The highest BCUT2D eigenvalue weighted by Crippen LogP contribution is 2.31. The van der Waals surface area contributed by atoms with Crippen molar-refractivity contribution in [2.75, 3.05) is 0 Å². The average molecular weight is 280 g/mol. The number of hydrogen-bond acceptors (Lipinski definition) is 2. The van der Waals surface area contributed by atoms with Crippen LogP contribution >= 0.6 is 0 Å². The maximum atomic E-state index is 10.7. The zero-order chi connectivity index (χ0) is 15.3. The van der Waals surface area contributed by atoms with E-state index in [-0.39, 0.29) is 0 Å². The van der Waals surface area contributed by atoms with E-state index in [2.05, 4.69) is 13.2 Å². The number of allylic oxidation sites excluding steroid dienone is 2. The molecule has 0 radical (unpaired) electrons. The van der Waals surface area contributed by atoms with E-state index in [1.807, 2.05) is 24.3 Å². The van der Waals surface area contributed by atoms with Gasteiger partial charge in [0.05, 0.1) is 0 Å². The topological polar surface area (TPSA) is 40.5 Å². The van der Waals surface area contributed by atoms with Crippen LogP contribution in [0.3, 0.4) is 0 Å². The van der Waals surface area contributed by atoms with Crippen molar-refractivity contribution in [3.8, 4) is 0 Å². The van der Waals surface area contributed by atoms with Gasteiger partial charge in [-0.15, -0.1) is 13.2 Å². The summed E-state index contributed by atoms with van der Waals surface area (Å²) in [5.74, 6) is -2.02. The van der Waals surface area contributed by atoms with Crippen molar-refractivity contribution < 1.29 is 10.2 Å². The first-order valence-corrected chi connectivity index (χ1v) is 6.94. The Morgan fingerprint density at radius 1 is 0.857 bits per heavy atom. The van der Waals surface area contributed by atoms with Gasteiger partial charge in [-0.05, 0) is 24.0 Å².